The molecule has 1 aliphatic carbocycles. The summed E-state index contributed by atoms with van der Waals surface area (Å²) in [4.78, 5) is 25.2. The molecule has 5 rings (SSSR count). The topological polar surface area (TPSA) is 81.0 Å². The van der Waals surface area contributed by atoms with Gasteiger partial charge in [0.15, 0.2) is 0 Å². The van der Waals surface area contributed by atoms with Gasteiger partial charge in [-0.2, -0.15) is 5.10 Å². The zero-order chi connectivity index (χ0) is 22.6. The molecule has 1 aliphatic rings. The van der Waals surface area contributed by atoms with E-state index in [4.69, 9.17) is 0 Å². The number of nitrogens with zero attached hydrogens (tertiary/aromatic N) is 3. The Kier molecular flexibility index (Phi) is 5.93. The van der Waals surface area contributed by atoms with Crippen LogP contribution in [0.2, 0.25) is 0 Å². The molecule has 2 aromatic carbocycles. The molecule has 0 radical (unpaired) electrons. The highest BCUT2D eigenvalue weighted by Gasteiger charge is 2.18. The standard InChI is InChI=1S/C26H27N5O2/c32-25(28-21-11-5-6-12-21)17-30-16-22(15-27-30)29-26(33)18-31-23-13-7-4-10-20(23)14-24(31)19-8-2-1-3-9-19/h1-4,7-10,13-16,21H,5-6,11-12,17-18H2,(H,28,32)(H,29,33). The molecule has 0 aliphatic heterocycles. The average molecular weight is 442 g/mol. The molecular weight excluding hydrogens is 414 g/mol. The average Bonchev–Trinajstić information content (AvgIpc) is 3.56. The van der Waals surface area contributed by atoms with Gasteiger partial charge in [-0.25, -0.2) is 0 Å². The van der Waals surface area contributed by atoms with Gasteiger partial charge in [0.1, 0.15) is 13.1 Å². The molecule has 0 unspecified atom stereocenters. The molecule has 0 bridgehead atoms. The second kappa shape index (κ2) is 9.32. The predicted octanol–water partition coefficient (Wildman–Crippen LogP) is 4.20. The summed E-state index contributed by atoms with van der Waals surface area (Å²) < 4.78 is 3.58. The van der Waals surface area contributed by atoms with Gasteiger partial charge >= 0.3 is 0 Å². The van der Waals surface area contributed by atoms with Crippen molar-refractivity contribution in [3.63, 3.8) is 0 Å². The zero-order valence-corrected chi connectivity index (χ0v) is 18.4. The number of rotatable bonds is 7. The number of nitrogens with one attached hydrogen (secondary N) is 2. The fourth-order valence-electron chi connectivity index (χ4n) is 4.58. The Hall–Kier alpha value is -3.87. The Morgan fingerprint density at radius 3 is 2.52 bits per heavy atom. The van der Waals surface area contributed by atoms with Crippen LogP contribution in [0.15, 0.2) is 73.1 Å². The maximum atomic E-state index is 12.9. The fourth-order valence-corrected chi connectivity index (χ4v) is 4.58. The minimum Gasteiger partial charge on any atom is -0.352 e. The summed E-state index contributed by atoms with van der Waals surface area (Å²) >= 11 is 0. The van der Waals surface area contributed by atoms with Crippen LogP contribution in [0.3, 0.4) is 0 Å². The van der Waals surface area contributed by atoms with E-state index in [0.29, 0.717) is 5.69 Å². The van der Waals surface area contributed by atoms with Crippen molar-refractivity contribution < 1.29 is 9.59 Å². The van der Waals surface area contributed by atoms with Gasteiger partial charge in [0.2, 0.25) is 11.8 Å². The summed E-state index contributed by atoms with van der Waals surface area (Å²) in [5.74, 6) is -0.197. The maximum absolute atomic E-state index is 12.9. The number of fused-ring (bicyclic) bond motifs is 1. The summed E-state index contributed by atoms with van der Waals surface area (Å²) in [6.45, 7) is 0.317. The van der Waals surface area contributed by atoms with Gasteiger partial charge in [0.25, 0.3) is 0 Å². The van der Waals surface area contributed by atoms with Gasteiger partial charge in [-0.15, -0.1) is 0 Å². The van der Waals surface area contributed by atoms with Crippen LogP contribution in [-0.2, 0) is 22.7 Å². The molecule has 2 N–H and O–H groups in total. The first kappa shape index (κ1) is 21.0. The number of anilines is 1. The number of carbonyl (C=O) groups is 2. The Labute approximate surface area is 192 Å². The summed E-state index contributed by atoms with van der Waals surface area (Å²) in [5, 5.41) is 11.3. The summed E-state index contributed by atoms with van der Waals surface area (Å²) in [6, 6.07) is 20.5. The number of hydrogen-bond donors (Lipinski definition) is 2. The van der Waals surface area contributed by atoms with E-state index in [2.05, 4.69) is 27.9 Å². The Bertz CT molecular complexity index is 1270. The molecule has 0 saturated heterocycles. The molecule has 2 amide bonds. The monoisotopic (exact) mass is 441 g/mol. The Balaban J connectivity index is 1.28. The van der Waals surface area contributed by atoms with E-state index in [1.165, 1.54) is 12.8 Å². The SMILES string of the molecule is O=C(Cn1c(-c2ccccc2)cc2ccccc21)Nc1cnn(CC(=O)NC2CCCC2)c1. The molecule has 7 nitrogen and oxygen atoms in total. The van der Waals surface area contributed by atoms with Crippen molar-refractivity contribution in [3.05, 3.63) is 73.1 Å². The smallest absolute Gasteiger partial charge is 0.244 e. The van der Waals surface area contributed by atoms with E-state index in [-0.39, 0.29) is 30.9 Å². The Morgan fingerprint density at radius 2 is 1.70 bits per heavy atom. The molecule has 33 heavy (non-hydrogen) atoms. The van der Waals surface area contributed by atoms with Gasteiger partial charge in [-0.3, -0.25) is 14.3 Å². The van der Waals surface area contributed by atoms with E-state index >= 15 is 0 Å². The van der Waals surface area contributed by atoms with E-state index in [9.17, 15) is 9.59 Å². The number of benzene rings is 2. The van der Waals surface area contributed by atoms with Crippen LogP contribution in [0.5, 0.6) is 0 Å². The minimum atomic E-state index is -0.150. The number of amides is 2. The highest BCUT2D eigenvalue weighted by Crippen LogP contribution is 2.28. The van der Waals surface area contributed by atoms with Crippen molar-refractivity contribution in [2.24, 2.45) is 0 Å². The van der Waals surface area contributed by atoms with Crippen molar-refractivity contribution in [1.29, 1.82) is 0 Å². The second-order valence-corrected chi connectivity index (χ2v) is 8.56. The first-order valence-electron chi connectivity index (χ1n) is 11.4. The lowest BCUT2D eigenvalue weighted by Crippen LogP contribution is -2.35. The van der Waals surface area contributed by atoms with Crippen LogP contribution in [0.25, 0.3) is 22.2 Å². The molecule has 7 heteroatoms. The van der Waals surface area contributed by atoms with Crippen molar-refractivity contribution in [2.75, 3.05) is 5.32 Å². The number of aromatic nitrogens is 3. The molecule has 168 valence electrons. The number of para-hydroxylation sites is 1. The molecule has 0 atom stereocenters. The van der Waals surface area contributed by atoms with Crippen molar-refractivity contribution in [2.45, 2.75) is 44.8 Å². The lowest BCUT2D eigenvalue weighted by atomic mass is 10.1. The number of carbonyl (C=O) groups excluding carboxylic acids is 2. The number of hydrogen-bond acceptors (Lipinski definition) is 3. The van der Waals surface area contributed by atoms with Crippen LogP contribution < -0.4 is 10.6 Å². The lowest BCUT2D eigenvalue weighted by Gasteiger charge is -2.11. The van der Waals surface area contributed by atoms with E-state index in [1.54, 1.807) is 17.1 Å². The largest absolute Gasteiger partial charge is 0.352 e. The first-order valence-corrected chi connectivity index (χ1v) is 11.4. The molecule has 1 saturated carbocycles. The van der Waals surface area contributed by atoms with Crippen LogP contribution in [0.1, 0.15) is 25.7 Å². The van der Waals surface area contributed by atoms with Crippen LogP contribution in [0.4, 0.5) is 5.69 Å². The van der Waals surface area contributed by atoms with E-state index < -0.39 is 0 Å². The molecule has 4 aromatic rings. The van der Waals surface area contributed by atoms with Gasteiger partial charge in [0, 0.05) is 28.8 Å². The van der Waals surface area contributed by atoms with Gasteiger partial charge in [-0.1, -0.05) is 61.4 Å². The third-order valence-corrected chi connectivity index (χ3v) is 6.12. The first-order chi connectivity index (χ1) is 16.2. The summed E-state index contributed by atoms with van der Waals surface area (Å²) in [5.41, 5.74) is 3.63. The molecule has 2 aromatic heterocycles. The highest BCUT2D eigenvalue weighted by atomic mass is 16.2. The molecule has 0 spiro atoms. The fraction of sp³-hybridized carbons (Fsp3) is 0.269. The quantitative estimate of drug-likeness (QED) is 0.451. The molecular formula is C26H27N5O2. The maximum Gasteiger partial charge on any atom is 0.244 e. The third-order valence-electron chi connectivity index (χ3n) is 6.12. The predicted molar refractivity (Wildman–Crippen MR) is 129 cm³/mol. The minimum absolute atomic E-state index is 0.0470. The summed E-state index contributed by atoms with van der Waals surface area (Å²) in [6.07, 6.45) is 7.71. The molecule has 2 heterocycles. The normalized spacial score (nSPS) is 13.9. The van der Waals surface area contributed by atoms with E-state index in [1.807, 2.05) is 53.1 Å². The molecule has 1 fully saturated rings. The van der Waals surface area contributed by atoms with Crippen LogP contribution in [0, 0.1) is 0 Å². The van der Waals surface area contributed by atoms with Crippen molar-refractivity contribution in [3.8, 4) is 11.3 Å². The second-order valence-electron chi connectivity index (χ2n) is 8.56. The Morgan fingerprint density at radius 1 is 0.939 bits per heavy atom. The van der Waals surface area contributed by atoms with Crippen LogP contribution >= 0.6 is 0 Å². The lowest BCUT2D eigenvalue weighted by molar-refractivity contribution is -0.122. The van der Waals surface area contributed by atoms with Crippen LogP contribution in [-0.4, -0.2) is 32.2 Å². The van der Waals surface area contributed by atoms with E-state index in [0.717, 1.165) is 35.0 Å². The van der Waals surface area contributed by atoms with Crippen molar-refractivity contribution >= 4 is 28.4 Å². The summed E-state index contributed by atoms with van der Waals surface area (Å²) in [7, 11) is 0. The zero-order valence-electron chi connectivity index (χ0n) is 18.4. The third kappa shape index (κ3) is 4.82. The van der Waals surface area contributed by atoms with Crippen molar-refractivity contribution in [1.82, 2.24) is 19.7 Å². The van der Waals surface area contributed by atoms with Gasteiger partial charge < -0.3 is 15.2 Å². The van der Waals surface area contributed by atoms with Gasteiger partial charge in [-0.05, 0) is 30.5 Å². The van der Waals surface area contributed by atoms with Gasteiger partial charge in [0.05, 0.1) is 11.9 Å². The highest BCUT2D eigenvalue weighted by molar-refractivity contribution is 5.94.